The van der Waals surface area contributed by atoms with Gasteiger partial charge in [-0.05, 0) is 24.7 Å². The van der Waals surface area contributed by atoms with E-state index in [-0.39, 0.29) is 5.41 Å². The number of guanidine groups is 1. The van der Waals surface area contributed by atoms with Crippen LogP contribution in [0, 0.1) is 11.3 Å². The van der Waals surface area contributed by atoms with Gasteiger partial charge in [-0.15, -0.1) is 0 Å². The Hall–Kier alpha value is -1.07. The number of aliphatic imine (C=N–C) groups is 1. The summed E-state index contributed by atoms with van der Waals surface area (Å²) < 4.78 is 11.3. The summed E-state index contributed by atoms with van der Waals surface area (Å²) in [5.41, 5.74) is 1.67. The molecule has 132 valence electrons. The molecular weight excluding hydrogens is 290 g/mol. The maximum atomic E-state index is 5.94. The number of ether oxygens (including phenoxy) is 2. The summed E-state index contributed by atoms with van der Waals surface area (Å²) in [4.78, 5) is 4.33. The molecular formula is C18H33N3O2. The Morgan fingerprint density at radius 2 is 2.13 bits per heavy atom. The number of hydrogen-bond acceptors (Lipinski definition) is 3. The molecule has 23 heavy (non-hydrogen) atoms. The Morgan fingerprint density at radius 3 is 2.78 bits per heavy atom. The molecule has 2 heterocycles. The number of nitrogens with one attached hydrogen (secondary N) is 2. The molecule has 0 saturated carbocycles. The minimum absolute atomic E-state index is 0.190. The molecule has 0 aromatic heterocycles. The smallest absolute Gasteiger partial charge is 0.190 e. The lowest BCUT2D eigenvalue weighted by Gasteiger charge is -2.31. The van der Waals surface area contributed by atoms with Crippen LogP contribution >= 0.6 is 0 Å². The number of rotatable bonds is 5. The van der Waals surface area contributed by atoms with Crippen molar-refractivity contribution >= 4 is 5.96 Å². The van der Waals surface area contributed by atoms with Gasteiger partial charge in [-0.1, -0.05) is 32.4 Å². The molecule has 2 unspecified atom stereocenters. The second-order valence-electron chi connectivity index (χ2n) is 7.52. The molecule has 2 rings (SSSR count). The molecule has 2 N–H and O–H groups in total. The van der Waals surface area contributed by atoms with Crippen molar-refractivity contribution in [2.45, 2.75) is 46.1 Å². The predicted molar refractivity (Wildman–Crippen MR) is 94.8 cm³/mol. The van der Waals surface area contributed by atoms with Crippen LogP contribution in [0.2, 0.25) is 0 Å². The zero-order valence-corrected chi connectivity index (χ0v) is 15.2. The highest BCUT2D eigenvalue weighted by Gasteiger charge is 2.37. The Balaban J connectivity index is 1.71. The molecule has 0 aromatic rings. The molecule has 1 saturated heterocycles. The van der Waals surface area contributed by atoms with Gasteiger partial charge in [0, 0.05) is 32.7 Å². The first kappa shape index (κ1) is 18.3. The standard InChI is InChI=1S/C18H33N3O2/c1-18(2,3)16-15(8-12-23-16)13-21-17(19-4)20-9-5-14-6-10-22-11-7-14/h6,15-16H,5,7-13H2,1-4H3,(H2,19,20,21). The van der Waals surface area contributed by atoms with Crippen molar-refractivity contribution in [3.8, 4) is 0 Å². The van der Waals surface area contributed by atoms with Gasteiger partial charge >= 0.3 is 0 Å². The maximum Gasteiger partial charge on any atom is 0.190 e. The fourth-order valence-electron chi connectivity index (χ4n) is 3.38. The molecule has 0 radical (unpaired) electrons. The van der Waals surface area contributed by atoms with Crippen molar-refractivity contribution in [2.24, 2.45) is 16.3 Å². The Kier molecular flexibility index (Phi) is 6.90. The lowest BCUT2D eigenvalue weighted by molar-refractivity contribution is 0.00801. The van der Waals surface area contributed by atoms with Gasteiger partial charge < -0.3 is 20.1 Å². The largest absolute Gasteiger partial charge is 0.377 e. The summed E-state index contributed by atoms with van der Waals surface area (Å²) in [6.07, 6.45) is 5.76. The van der Waals surface area contributed by atoms with Crippen molar-refractivity contribution in [2.75, 3.05) is 40.0 Å². The van der Waals surface area contributed by atoms with Crippen LogP contribution in [0.1, 0.15) is 40.0 Å². The van der Waals surface area contributed by atoms with Gasteiger partial charge in [-0.25, -0.2) is 0 Å². The number of hydrogen-bond donors (Lipinski definition) is 2. The van der Waals surface area contributed by atoms with Gasteiger partial charge in [0.05, 0.1) is 19.3 Å². The van der Waals surface area contributed by atoms with Crippen LogP contribution in [0.4, 0.5) is 0 Å². The van der Waals surface area contributed by atoms with Crippen LogP contribution in [0.5, 0.6) is 0 Å². The summed E-state index contributed by atoms with van der Waals surface area (Å²) in [6, 6.07) is 0. The Bertz CT molecular complexity index is 426. The fourth-order valence-corrected chi connectivity index (χ4v) is 3.38. The van der Waals surface area contributed by atoms with Gasteiger partial charge in [0.2, 0.25) is 0 Å². The molecule has 0 aliphatic carbocycles. The van der Waals surface area contributed by atoms with Crippen molar-refractivity contribution in [1.29, 1.82) is 0 Å². The van der Waals surface area contributed by atoms with E-state index in [1.807, 2.05) is 7.05 Å². The molecule has 5 nitrogen and oxygen atoms in total. The van der Waals surface area contributed by atoms with Gasteiger partial charge in [-0.2, -0.15) is 0 Å². The van der Waals surface area contributed by atoms with Crippen molar-refractivity contribution in [3.05, 3.63) is 11.6 Å². The average Bonchev–Trinajstić information content (AvgIpc) is 3.00. The van der Waals surface area contributed by atoms with Crippen LogP contribution in [0.25, 0.3) is 0 Å². The summed E-state index contributed by atoms with van der Waals surface area (Å²) in [7, 11) is 1.83. The lowest BCUT2D eigenvalue weighted by atomic mass is 9.81. The molecule has 2 aliphatic rings. The summed E-state index contributed by atoms with van der Waals surface area (Å²) in [5, 5.41) is 6.88. The van der Waals surface area contributed by atoms with E-state index in [0.29, 0.717) is 12.0 Å². The second-order valence-corrected chi connectivity index (χ2v) is 7.52. The summed E-state index contributed by atoms with van der Waals surface area (Å²) >= 11 is 0. The van der Waals surface area contributed by atoms with Crippen LogP contribution in [-0.4, -0.2) is 52.0 Å². The molecule has 0 spiro atoms. The first-order chi connectivity index (χ1) is 11.0. The van der Waals surface area contributed by atoms with Gasteiger partial charge in [0.15, 0.2) is 5.96 Å². The minimum Gasteiger partial charge on any atom is -0.377 e. The van der Waals surface area contributed by atoms with Gasteiger partial charge in [0.1, 0.15) is 0 Å². The normalized spacial score (nSPS) is 26.1. The van der Waals surface area contributed by atoms with Crippen molar-refractivity contribution in [1.82, 2.24) is 10.6 Å². The predicted octanol–water partition coefficient (Wildman–Crippen LogP) is 2.34. The van der Waals surface area contributed by atoms with Gasteiger partial charge in [-0.3, -0.25) is 4.99 Å². The fraction of sp³-hybridized carbons (Fsp3) is 0.833. The number of nitrogens with zero attached hydrogens (tertiary/aromatic N) is 1. The van der Waals surface area contributed by atoms with Crippen LogP contribution in [0.3, 0.4) is 0 Å². The highest BCUT2D eigenvalue weighted by Crippen LogP contribution is 2.34. The second kappa shape index (κ2) is 8.69. The molecule has 2 aliphatic heterocycles. The molecule has 0 amide bonds. The highest BCUT2D eigenvalue weighted by molar-refractivity contribution is 5.79. The van der Waals surface area contributed by atoms with E-state index in [0.717, 1.165) is 58.1 Å². The lowest BCUT2D eigenvalue weighted by Crippen LogP contribution is -2.43. The van der Waals surface area contributed by atoms with E-state index in [4.69, 9.17) is 9.47 Å². The van der Waals surface area contributed by atoms with E-state index < -0.39 is 0 Å². The van der Waals surface area contributed by atoms with Crippen molar-refractivity contribution < 1.29 is 9.47 Å². The maximum absolute atomic E-state index is 5.94. The molecule has 1 fully saturated rings. The quantitative estimate of drug-likeness (QED) is 0.463. The monoisotopic (exact) mass is 323 g/mol. The van der Waals surface area contributed by atoms with E-state index in [1.165, 1.54) is 5.57 Å². The zero-order chi connectivity index (χ0) is 16.7. The van der Waals surface area contributed by atoms with Crippen LogP contribution in [-0.2, 0) is 9.47 Å². The van der Waals surface area contributed by atoms with E-state index in [1.54, 1.807) is 0 Å². The highest BCUT2D eigenvalue weighted by atomic mass is 16.5. The third kappa shape index (κ3) is 5.81. The minimum atomic E-state index is 0.190. The first-order valence-corrected chi connectivity index (χ1v) is 8.82. The first-order valence-electron chi connectivity index (χ1n) is 8.82. The van der Waals surface area contributed by atoms with E-state index in [9.17, 15) is 0 Å². The third-order valence-electron chi connectivity index (χ3n) is 4.62. The van der Waals surface area contributed by atoms with Crippen LogP contribution in [0.15, 0.2) is 16.6 Å². The van der Waals surface area contributed by atoms with Crippen molar-refractivity contribution in [3.63, 3.8) is 0 Å². The average molecular weight is 323 g/mol. The molecule has 0 aromatic carbocycles. The summed E-state index contributed by atoms with van der Waals surface area (Å²) in [6.45, 7) is 11.1. The molecule has 0 bridgehead atoms. The zero-order valence-electron chi connectivity index (χ0n) is 15.2. The Labute approximate surface area is 140 Å². The molecule has 5 heteroatoms. The topological polar surface area (TPSA) is 54.9 Å². The van der Waals surface area contributed by atoms with Crippen LogP contribution < -0.4 is 10.6 Å². The summed E-state index contributed by atoms with van der Waals surface area (Å²) in [5.74, 6) is 1.43. The van der Waals surface area contributed by atoms with E-state index in [2.05, 4.69) is 42.5 Å². The molecule has 2 atom stereocenters. The SMILES string of the molecule is CN=C(NCCC1=CCOCC1)NCC1CCOC1C(C)(C)C. The Morgan fingerprint density at radius 1 is 1.30 bits per heavy atom. The van der Waals surface area contributed by atoms with E-state index >= 15 is 0 Å². The van der Waals surface area contributed by atoms with Gasteiger partial charge in [0.25, 0.3) is 0 Å². The third-order valence-corrected chi connectivity index (χ3v) is 4.62.